The summed E-state index contributed by atoms with van der Waals surface area (Å²) in [7, 11) is 1.94. The molecule has 1 heterocycles. The highest BCUT2D eigenvalue weighted by Gasteiger charge is 2.23. The van der Waals surface area contributed by atoms with Gasteiger partial charge in [0, 0.05) is 13.2 Å². The Morgan fingerprint density at radius 3 is 2.64 bits per heavy atom. The third-order valence-corrected chi connectivity index (χ3v) is 2.54. The maximum absolute atomic E-state index is 9.23. The Balaban J connectivity index is 2.94. The fourth-order valence-electron chi connectivity index (χ4n) is 1.12. The molecule has 0 aliphatic rings. The van der Waals surface area contributed by atoms with E-state index in [4.69, 9.17) is 0 Å². The Kier molecular flexibility index (Phi) is 3.11. The third kappa shape index (κ3) is 2.23. The van der Waals surface area contributed by atoms with Gasteiger partial charge < -0.3 is 10.0 Å². The minimum atomic E-state index is -0.277. The van der Waals surface area contributed by atoms with Crippen LogP contribution >= 0.6 is 0 Å². The summed E-state index contributed by atoms with van der Waals surface area (Å²) in [5, 5.41) is 9.23. The number of nitrogens with zero attached hydrogens (tertiary/aromatic N) is 2. The summed E-state index contributed by atoms with van der Waals surface area (Å²) in [6.45, 7) is 6.11. The predicted molar refractivity (Wildman–Crippen MR) is 58.5 cm³/mol. The molecule has 0 fully saturated rings. The highest BCUT2D eigenvalue weighted by atomic mass is 16.3. The number of anilines is 1. The average molecular weight is 194 g/mol. The van der Waals surface area contributed by atoms with Crippen LogP contribution in [0.2, 0.25) is 0 Å². The number of aliphatic hydroxyl groups excluding tert-OH is 1. The molecule has 0 amide bonds. The Labute approximate surface area is 85.4 Å². The summed E-state index contributed by atoms with van der Waals surface area (Å²) in [5.74, 6) is 0.893. The average Bonchev–Trinajstić information content (AvgIpc) is 2.16. The highest BCUT2D eigenvalue weighted by Crippen LogP contribution is 2.19. The molecule has 0 saturated carbocycles. The van der Waals surface area contributed by atoms with E-state index >= 15 is 0 Å². The quantitative estimate of drug-likeness (QED) is 0.794. The largest absolute Gasteiger partial charge is 0.394 e. The molecular formula is C11H18N2O. The minimum absolute atomic E-state index is 0.110. The zero-order valence-electron chi connectivity index (χ0n) is 9.28. The maximum atomic E-state index is 9.23. The lowest BCUT2D eigenvalue weighted by Crippen LogP contribution is -2.44. The number of aliphatic hydroxyl groups is 1. The van der Waals surface area contributed by atoms with Crippen molar-refractivity contribution in [1.29, 1.82) is 0 Å². The standard InChI is InChI=1S/C11H18N2O/c1-9-5-6-12-10(7-9)13(4)11(2,3)8-14/h5-7,14H,8H2,1-4H3. The summed E-state index contributed by atoms with van der Waals surface area (Å²) in [6, 6.07) is 3.97. The lowest BCUT2D eigenvalue weighted by atomic mass is 10.1. The third-order valence-electron chi connectivity index (χ3n) is 2.54. The first kappa shape index (κ1) is 11.0. The molecule has 3 nitrogen and oxygen atoms in total. The van der Waals surface area contributed by atoms with Crippen LogP contribution < -0.4 is 4.90 Å². The highest BCUT2D eigenvalue weighted by molar-refractivity contribution is 5.42. The maximum Gasteiger partial charge on any atom is 0.128 e. The van der Waals surface area contributed by atoms with Crippen molar-refractivity contribution in [3.05, 3.63) is 23.9 Å². The van der Waals surface area contributed by atoms with Crippen molar-refractivity contribution in [3.8, 4) is 0 Å². The van der Waals surface area contributed by atoms with Crippen LogP contribution in [-0.2, 0) is 0 Å². The van der Waals surface area contributed by atoms with Crippen LogP contribution in [0.5, 0.6) is 0 Å². The van der Waals surface area contributed by atoms with E-state index in [9.17, 15) is 5.11 Å². The van der Waals surface area contributed by atoms with Gasteiger partial charge in [0.2, 0.25) is 0 Å². The van der Waals surface area contributed by atoms with Gasteiger partial charge in [-0.05, 0) is 38.5 Å². The van der Waals surface area contributed by atoms with Crippen molar-refractivity contribution in [1.82, 2.24) is 4.98 Å². The lowest BCUT2D eigenvalue weighted by molar-refractivity contribution is 0.215. The van der Waals surface area contributed by atoms with E-state index in [0.29, 0.717) is 0 Å². The van der Waals surface area contributed by atoms with Crippen LogP contribution in [0.25, 0.3) is 0 Å². The van der Waals surface area contributed by atoms with Gasteiger partial charge >= 0.3 is 0 Å². The SMILES string of the molecule is Cc1ccnc(N(C)C(C)(C)CO)c1. The van der Waals surface area contributed by atoms with E-state index in [0.717, 1.165) is 5.82 Å². The molecule has 0 aliphatic heterocycles. The number of hydrogen-bond acceptors (Lipinski definition) is 3. The van der Waals surface area contributed by atoms with Gasteiger partial charge in [-0.25, -0.2) is 4.98 Å². The second-order valence-corrected chi connectivity index (χ2v) is 4.22. The molecule has 0 aromatic carbocycles. The summed E-state index contributed by atoms with van der Waals surface area (Å²) in [5.41, 5.74) is 0.899. The molecular weight excluding hydrogens is 176 g/mol. The fourth-order valence-corrected chi connectivity index (χ4v) is 1.12. The molecule has 1 rings (SSSR count). The van der Waals surface area contributed by atoms with E-state index in [1.54, 1.807) is 6.20 Å². The molecule has 14 heavy (non-hydrogen) atoms. The molecule has 0 spiro atoms. The zero-order valence-corrected chi connectivity index (χ0v) is 9.28. The van der Waals surface area contributed by atoms with Gasteiger partial charge in [-0.2, -0.15) is 0 Å². The van der Waals surface area contributed by atoms with Gasteiger partial charge in [0.1, 0.15) is 5.82 Å². The van der Waals surface area contributed by atoms with Gasteiger partial charge in [0.05, 0.1) is 12.1 Å². The molecule has 78 valence electrons. The second kappa shape index (κ2) is 3.96. The molecule has 0 atom stereocenters. The van der Waals surface area contributed by atoms with Crippen molar-refractivity contribution in [2.75, 3.05) is 18.6 Å². The topological polar surface area (TPSA) is 36.4 Å². The molecule has 1 aromatic rings. The Bertz CT molecular complexity index is 310. The molecule has 1 N–H and O–H groups in total. The van der Waals surface area contributed by atoms with Crippen LogP contribution in [0.15, 0.2) is 18.3 Å². The first-order valence-corrected chi connectivity index (χ1v) is 4.75. The number of rotatable bonds is 3. The molecule has 3 heteroatoms. The van der Waals surface area contributed by atoms with Crippen LogP contribution in [0, 0.1) is 6.92 Å². The number of hydrogen-bond donors (Lipinski definition) is 1. The van der Waals surface area contributed by atoms with Gasteiger partial charge in [0.25, 0.3) is 0 Å². The molecule has 0 unspecified atom stereocenters. The van der Waals surface area contributed by atoms with E-state index in [2.05, 4.69) is 4.98 Å². The van der Waals surface area contributed by atoms with E-state index in [1.807, 2.05) is 44.9 Å². The van der Waals surface area contributed by atoms with Gasteiger partial charge in [0.15, 0.2) is 0 Å². The fraction of sp³-hybridized carbons (Fsp3) is 0.545. The zero-order chi connectivity index (χ0) is 10.8. The van der Waals surface area contributed by atoms with Crippen molar-refractivity contribution in [3.63, 3.8) is 0 Å². The number of aromatic nitrogens is 1. The summed E-state index contributed by atoms with van der Waals surface area (Å²) in [4.78, 5) is 6.25. The van der Waals surface area contributed by atoms with Crippen LogP contribution in [0.1, 0.15) is 19.4 Å². The second-order valence-electron chi connectivity index (χ2n) is 4.22. The van der Waals surface area contributed by atoms with Crippen molar-refractivity contribution < 1.29 is 5.11 Å². The Hall–Kier alpha value is -1.09. The van der Waals surface area contributed by atoms with Crippen molar-refractivity contribution in [2.45, 2.75) is 26.3 Å². The van der Waals surface area contributed by atoms with Crippen molar-refractivity contribution >= 4 is 5.82 Å². The predicted octanol–water partition coefficient (Wildman–Crippen LogP) is 1.60. The molecule has 0 aliphatic carbocycles. The summed E-state index contributed by atoms with van der Waals surface area (Å²) in [6.07, 6.45) is 1.79. The van der Waals surface area contributed by atoms with Gasteiger partial charge in [-0.3, -0.25) is 0 Å². The van der Waals surface area contributed by atoms with Crippen LogP contribution in [0.4, 0.5) is 5.82 Å². The number of pyridine rings is 1. The summed E-state index contributed by atoms with van der Waals surface area (Å²) < 4.78 is 0. The monoisotopic (exact) mass is 194 g/mol. The first-order valence-electron chi connectivity index (χ1n) is 4.75. The Morgan fingerprint density at radius 2 is 2.14 bits per heavy atom. The molecule has 0 radical (unpaired) electrons. The number of aryl methyl sites for hydroxylation is 1. The van der Waals surface area contributed by atoms with E-state index in [-0.39, 0.29) is 12.1 Å². The van der Waals surface area contributed by atoms with Crippen molar-refractivity contribution in [2.24, 2.45) is 0 Å². The summed E-state index contributed by atoms with van der Waals surface area (Å²) >= 11 is 0. The smallest absolute Gasteiger partial charge is 0.128 e. The molecule has 0 saturated heterocycles. The Morgan fingerprint density at radius 1 is 1.50 bits per heavy atom. The van der Waals surface area contributed by atoms with Gasteiger partial charge in [-0.15, -0.1) is 0 Å². The van der Waals surface area contributed by atoms with Crippen LogP contribution in [0.3, 0.4) is 0 Å². The minimum Gasteiger partial charge on any atom is -0.394 e. The first-order chi connectivity index (χ1) is 6.47. The van der Waals surface area contributed by atoms with E-state index < -0.39 is 0 Å². The van der Waals surface area contributed by atoms with Gasteiger partial charge in [-0.1, -0.05) is 0 Å². The molecule has 1 aromatic heterocycles. The van der Waals surface area contributed by atoms with E-state index in [1.165, 1.54) is 5.56 Å². The molecule has 0 bridgehead atoms. The lowest BCUT2D eigenvalue weighted by Gasteiger charge is -2.34. The normalized spacial score (nSPS) is 11.5. The number of likely N-dealkylation sites (N-methyl/N-ethyl adjacent to an activating group) is 1. The van der Waals surface area contributed by atoms with Crippen LogP contribution in [-0.4, -0.2) is 29.3 Å².